The highest BCUT2D eigenvalue weighted by atomic mass is 32.1. The summed E-state index contributed by atoms with van der Waals surface area (Å²) in [7, 11) is 0. The van der Waals surface area contributed by atoms with Gasteiger partial charge in [-0.25, -0.2) is 0 Å². The zero-order valence-corrected chi connectivity index (χ0v) is 11.4. The Kier molecular flexibility index (Phi) is 5.20. The Labute approximate surface area is 103 Å². The molecule has 1 aromatic heterocycles. The fourth-order valence-electron chi connectivity index (χ4n) is 1.55. The number of carbonyl (C=O) groups excluding carboxylic acids is 1. The van der Waals surface area contributed by atoms with Gasteiger partial charge in [-0.1, -0.05) is 26.8 Å². The molecular formula is C14H22OS. The van der Waals surface area contributed by atoms with Crippen molar-refractivity contribution >= 4 is 17.1 Å². The van der Waals surface area contributed by atoms with Crippen LogP contribution in [0.3, 0.4) is 0 Å². The molecule has 0 aliphatic rings. The number of Topliss-reactive ketones (excluding diaryl/α,β-unsaturated/α-hetero) is 1. The second-order valence-corrected chi connectivity index (χ2v) is 6.56. The molecule has 0 fully saturated rings. The van der Waals surface area contributed by atoms with Crippen molar-refractivity contribution in [2.75, 3.05) is 0 Å². The SMILES string of the molecule is CC(C)(C)CCC(=O)CCCc1cccs1. The highest BCUT2D eigenvalue weighted by Crippen LogP contribution is 2.21. The number of rotatable bonds is 6. The van der Waals surface area contributed by atoms with Crippen molar-refractivity contribution in [2.45, 2.75) is 52.9 Å². The number of thiophene rings is 1. The summed E-state index contributed by atoms with van der Waals surface area (Å²) in [6, 6.07) is 4.21. The lowest BCUT2D eigenvalue weighted by atomic mass is 9.89. The molecule has 0 saturated carbocycles. The summed E-state index contributed by atoms with van der Waals surface area (Å²) >= 11 is 1.78. The standard InChI is InChI=1S/C14H22OS/c1-14(2,3)10-9-12(15)6-4-7-13-8-5-11-16-13/h5,8,11H,4,6-7,9-10H2,1-3H3. The molecule has 16 heavy (non-hydrogen) atoms. The maximum atomic E-state index is 11.6. The van der Waals surface area contributed by atoms with E-state index in [4.69, 9.17) is 0 Å². The van der Waals surface area contributed by atoms with Crippen molar-refractivity contribution in [3.63, 3.8) is 0 Å². The second-order valence-electron chi connectivity index (χ2n) is 5.53. The topological polar surface area (TPSA) is 17.1 Å². The minimum atomic E-state index is 0.281. The molecule has 0 bridgehead atoms. The Bertz CT molecular complexity index is 306. The molecule has 0 amide bonds. The summed E-state index contributed by atoms with van der Waals surface area (Å²) in [6.45, 7) is 6.56. The first-order chi connectivity index (χ1) is 7.47. The molecule has 0 unspecified atom stereocenters. The Morgan fingerprint density at radius 3 is 2.62 bits per heavy atom. The Hall–Kier alpha value is -0.630. The smallest absolute Gasteiger partial charge is 0.132 e. The Morgan fingerprint density at radius 1 is 1.31 bits per heavy atom. The van der Waals surface area contributed by atoms with Gasteiger partial charge >= 0.3 is 0 Å². The van der Waals surface area contributed by atoms with E-state index in [9.17, 15) is 4.79 Å². The number of aryl methyl sites for hydroxylation is 1. The lowest BCUT2D eigenvalue weighted by Gasteiger charge is -2.16. The van der Waals surface area contributed by atoms with Crippen molar-refractivity contribution in [2.24, 2.45) is 5.41 Å². The fourth-order valence-corrected chi connectivity index (χ4v) is 2.31. The van der Waals surface area contributed by atoms with Crippen molar-refractivity contribution in [1.29, 1.82) is 0 Å². The van der Waals surface area contributed by atoms with E-state index in [2.05, 4.69) is 38.3 Å². The van der Waals surface area contributed by atoms with Gasteiger partial charge in [0, 0.05) is 17.7 Å². The molecule has 2 heteroatoms. The monoisotopic (exact) mass is 238 g/mol. The lowest BCUT2D eigenvalue weighted by Crippen LogP contribution is -2.08. The van der Waals surface area contributed by atoms with Crippen molar-refractivity contribution in [1.82, 2.24) is 0 Å². The van der Waals surface area contributed by atoms with Gasteiger partial charge in [-0.15, -0.1) is 11.3 Å². The summed E-state index contributed by atoms with van der Waals surface area (Å²) in [5, 5.41) is 2.09. The van der Waals surface area contributed by atoms with Gasteiger partial charge in [-0.3, -0.25) is 4.79 Å². The molecule has 0 saturated heterocycles. The van der Waals surface area contributed by atoms with Crippen LogP contribution in [-0.2, 0) is 11.2 Å². The van der Waals surface area contributed by atoms with E-state index in [1.165, 1.54) is 4.88 Å². The summed E-state index contributed by atoms with van der Waals surface area (Å²) in [4.78, 5) is 13.0. The average Bonchev–Trinajstić information content (AvgIpc) is 2.66. The average molecular weight is 238 g/mol. The van der Waals surface area contributed by atoms with E-state index in [1.54, 1.807) is 11.3 Å². The molecule has 90 valence electrons. The quantitative estimate of drug-likeness (QED) is 0.715. The van der Waals surface area contributed by atoms with Crippen molar-refractivity contribution < 1.29 is 4.79 Å². The van der Waals surface area contributed by atoms with E-state index in [0.717, 1.165) is 32.1 Å². The second kappa shape index (κ2) is 6.19. The van der Waals surface area contributed by atoms with Crippen LogP contribution in [-0.4, -0.2) is 5.78 Å². The molecule has 0 atom stereocenters. The number of hydrogen-bond acceptors (Lipinski definition) is 2. The normalized spacial score (nSPS) is 11.7. The van der Waals surface area contributed by atoms with Gasteiger partial charge in [0.05, 0.1) is 0 Å². The summed E-state index contributed by atoms with van der Waals surface area (Å²) < 4.78 is 0. The third kappa shape index (κ3) is 6.06. The molecule has 1 nitrogen and oxygen atoms in total. The predicted octanol–water partition coefficient (Wildman–Crippen LogP) is 4.47. The molecule has 1 rings (SSSR count). The van der Waals surface area contributed by atoms with Crippen LogP contribution in [0.15, 0.2) is 17.5 Å². The van der Waals surface area contributed by atoms with Crippen LogP contribution in [0.4, 0.5) is 0 Å². The van der Waals surface area contributed by atoms with Crippen LogP contribution >= 0.6 is 11.3 Å². The van der Waals surface area contributed by atoms with Gasteiger partial charge < -0.3 is 0 Å². The molecule has 0 N–H and O–H groups in total. The fraction of sp³-hybridized carbons (Fsp3) is 0.643. The Morgan fingerprint density at radius 2 is 2.06 bits per heavy atom. The molecular weight excluding hydrogens is 216 g/mol. The summed E-state index contributed by atoms with van der Waals surface area (Å²) in [6.07, 6.45) is 4.55. The van der Waals surface area contributed by atoms with E-state index in [-0.39, 0.29) is 5.41 Å². The van der Waals surface area contributed by atoms with Crippen molar-refractivity contribution in [3.05, 3.63) is 22.4 Å². The molecule has 1 heterocycles. The first kappa shape index (κ1) is 13.4. The third-order valence-electron chi connectivity index (χ3n) is 2.61. The van der Waals surface area contributed by atoms with E-state index < -0.39 is 0 Å². The molecule has 0 spiro atoms. The predicted molar refractivity (Wildman–Crippen MR) is 71.0 cm³/mol. The molecule has 0 aromatic carbocycles. The van der Waals surface area contributed by atoms with Crippen LogP contribution in [0.5, 0.6) is 0 Å². The van der Waals surface area contributed by atoms with Crippen molar-refractivity contribution in [3.8, 4) is 0 Å². The van der Waals surface area contributed by atoms with Crippen LogP contribution in [0.1, 0.15) is 51.3 Å². The number of ketones is 1. The van der Waals surface area contributed by atoms with E-state index in [0.29, 0.717) is 5.78 Å². The molecule has 0 aliphatic carbocycles. The maximum absolute atomic E-state index is 11.6. The van der Waals surface area contributed by atoms with E-state index in [1.807, 2.05) is 0 Å². The van der Waals surface area contributed by atoms with Gasteiger partial charge in [0.1, 0.15) is 5.78 Å². The van der Waals surface area contributed by atoms with Crippen LogP contribution < -0.4 is 0 Å². The highest BCUT2D eigenvalue weighted by Gasteiger charge is 2.12. The maximum Gasteiger partial charge on any atom is 0.132 e. The van der Waals surface area contributed by atoms with Gasteiger partial charge in [0.25, 0.3) is 0 Å². The Balaban J connectivity index is 2.11. The van der Waals surface area contributed by atoms with Gasteiger partial charge in [-0.2, -0.15) is 0 Å². The lowest BCUT2D eigenvalue weighted by molar-refractivity contribution is -0.119. The summed E-state index contributed by atoms with van der Waals surface area (Å²) in [5.74, 6) is 0.423. The first-order valence-electron chi connectivity index (χ1n) is 6.01. The van der Waals surface area contributed by atoms with Crippen LogP contribution in [0.2, 0.25) is 0 Å². The first-order valence-corrected chi connectivity index (χ1v) is 6.89. The number of carbonyl (C=O) groups is 1. The minimum absolute atomic E-state index is 0.281. The van der Waals surface area contributed by atoms with Gasteiger partial charge in [-0.05, 0) is 36.1 Å². The minimum Gasteiger partial charge on any atom is -0.300 e. The molecule has 0 aliphatic heterocycles. The van der Waals surface area contributed by atoms with Gasteiger partial charge in [0.2, 0.25) is 0 Å². The van der Waals surface area contributed by atoms with Crippen LogP contribution in [0, 0.1) is 5.41 Å². The third-order valence-corrected chi connectivity index (χ3v) is 3.55. The largest absolute Gasteiger partial charge is 0.300 e. The number of hydrogen-bond donors (Lipinski definition) is 0. The zero-order chi connectivity index (χ0) is 12.0. The highest BCUT2D eigenvalue weighted by molar-refractivity contribution is 7.09. The zero-order valence-electron chi connectivity index (χ0n) is 10.6. The van der Waals surface area contributed by atoms with E-state index >= 15 is 0 Å². The van der Waals surface area contributed by atoms with Gasteiger partial charge in [0.15, 0.2) is 0 Å². The van der Waals surface area contributed by atoms with Crippen LogP contribution in [0.25, 0.3) is 0 Å². The summed E-state index contributed by atoms with van der Waals surface area (Å²) in [5.41, 5.74) is 0.281. The molecule has 0 radical (unpaired) electrons. The molecule has 1 aromatic rings.